The van der Waals surface area contributed by atoms with E-state index in [0.717, 1.165) is 27.7 Å². The van der Waals surface area contributed by atoms with Gasteiger partial charge in [-0.3, -0.25) is 0 Å². The van der Waals surface area contributed by atoms with Gasteiger partial charge in [-0.15, -0.1) is 0 Å². The van der Waals surface area contributed by atoms with Gasteiger partial charge in [0.1, 0.15) is 5.75 Å². The second kappa shape index (κ2) is 7.99. The molecule has 3 aromatic rings. The van der Waals surface area contributed by atoms with Crippen molar-refractivity contribution in [3.8, 4) is 5.75 Å². The summed E-state index contributed by atoms with van der Waals surface area (Å²) in [5, 5.41) is 19.5. The molecule has 3 rings (SSSR count). The Bertz CT molecular complexity index is 1080. The number of carboxylic acids is 2. The molecule has 0 aliphatic heterocycles. The topological polar surface area (TPSA) is 88.8 Å². The van der Waals surface area contributed by atoms with Crippen LogP contribution in [0.3, 0.4) is 0 Å². The van der Waals surface area contributed by atoms with Crippen molar-refractivity contribution in [1.82, 2.24) is 4.57 Å². The van der Waals surface area contributed by atoms with Gasteiger partial charge in [0.15, 0.2) is 6.10 Å². The van der Waals surface area contributed by atoms with Crippen molar-refractivity contribution in [2.45, 2.75) is 40.3 Å². The largest absolute Gasteiger partial charge is 0.478 e. The molecule has 0 radical (unpaired) electrons. The molecule has 0 fully saturated rings. The maximum absolute atomic E-state index is 11.4. The molecule has 1 heterocycles. The third-order valence-electron chi connectivity index (χ3n) is 5.24. The smallest absolute Gasteiger partial charge is 0.345 e. The summed E-state index contributed by atoms with van der Waals surface area (Å²) < 4.78 is 7.84. The number of carbonyl (C=O) groups is 2. The summed E-state index contributed by atoms with van der Waals surface area (Å²) >= 11 is 0. The van der Waals surface area contributed by atoms with Crippen LogP contribution in [0.15, 0.2) is 42.5 Å². The van der Waals surface area contributed by atoms with Crippen LogP contribution in [-0.2, 0) is 11.3 Å². The lowest BCUT2D eigenvalue weighted by molar-refractivity contribution is -0.147. The highest BCUT2D eigenvalue weighted by molar-refractivity contribution is 5.95. The number of rotatable bonds is 7. The van der Waals surface area contributed by atoms with E-state index in [9.17, 15) is 19.8 Å². The highest BCUT2D eigenvalue weighted by Gasteiger charge is 2.23. The van der Waals surface area contributed by atoms with Gasteiger partial charge < -0.3 is 19.5 Å². The van der Waals surface area contributed by atoms with Crippen molar-refractivity contribution in [2.75, 3.05) is 0 Å². The second-order valence-electron chi connectivity index (χ2n) is 7.60. The molecule has 1 aromatic heterocycles. The number of hydrogen-bond acceptors (Lipinski definition) is 3. The number of benzene rings is 2. The Morgan fingerprint density at radius 2 is 1.79 bits per heavy atom. The molecule has 29 heavy (non-hydrogen) atoms. The van der Waals surface area contributed by atoms with Crippen LogP contribution in [0, 0.1) is 19.8 Å². The molecule has 0 saturated carbocycles. The molecule has 0 amide bonds. The van der Waals surface area contributed by atoms with Gasteiger partial charge in [-0.05, 0) is 55.3 Å². The summed E-state index contributed by atoms with van der Waals surface area (Å²) in [5.41, 5.74) is 4.29. The summed E-state index contributed by atoms with van der Waals surface area (Å²) in [6, 6.07) is 12.6. The number of ether oxygens (including phenoxy) is 1. The summed E-state index contributed by atoms with van der Waals surface area (Å²) in [6.45, 7) is 8.19. The van der Waals surface area contributed by atoms with E-state index in [-0.39, 0.29) is 11.5 Å². The minimum absolute atomic E-state index is 0.155. The lowest BCUT2D eigenvalue weighted by Gasteiger charge is -2.19. The molecule has 2 aromatic carbocycles. The van der Waals surface area contributed by atoms with Crippen LogP contribution in [0.25, 0.3) is 10.9 Å². The van der Waals surface area contributed by atoms with E-state index in [1.54, 1.807) is 18.2 Å². The predicted octanol–water partition coefficient (Wildman–Crippen LogP) is 4.49. The number of aromatic nitrogens is 1. The molecule has 152 valence electrons. The lowest BCUT2D eigenvalue weighted by atomic mass is 10.1. The van der Waals surface area contributed by atoms with E-state index in [1.165, 1.54) is 0 Å². The van der Waals surface area contributed by atoms with Gasteiger partial charge in [0.05, 0.1) is 5.56 Å². The average Bonchev–Trinajstić information content (AvgIpc) is 2.90. The molecular weight excluding hydrogens is 370 g/mol. The van der Waals surface area contributed by atoms with E-state index in [0.29, 0.717) is 12.3 Å². The van der Waals surface area contributed by atoms with Gasteiger partial charge in [0.2, 0.25) is 0 Å². The first kappa shape index (κ1) is 20.5. The normalized spacial score (nSPS) is 12.3. The Morgan fingerprint density at radius 1 is 1.07 bits per heavy atom. The molecule has 0 spiro atoms. The van der Waals surface area contributed by atoms with E-state index < -0.39 is 18.0 Å². The summed E-state index contributed by atoms with van der Waals surface area (Å²) in [4.78, 5) is 22.7. The van der Waals surface area contributed by atoms with Crippen molar-refractivity contribution in [2.24, 2.45) is 5.92 Å². The Morgan fingerprint density at radius 3 is 2.41 bits per heavy atom. The van der Waals surface area contributed by atoms with Crippen molar-refractivity contribution < 1.29 is 24.5 Å². The zero-order chi connectivity index (χ0) is 21.3. The molecular formula is C23H25NO5. The molecule has 1 atom stereocenters. The summed E-state index contributed by atoms with van der Waals surface area (Å²) in [7, 11) is 0. The fourth-order valence-corrected chi connectivity index (χ4v) is 3.50. The van der Waals surface area contributed by atoms with Crippen LogP contribution >= 0.6 is 0 Å². The van der Waals surface area contributed by atoms with Crippen LogP contribution in [0.4, 0.5) is 0 Å². The predicted molar refractivity (Wildman–Crippen MR) is 111 cm³/mol. The molecule has 0 aliphatic rings. The van der Waals surface area contributed by atoms with Gasteiger partial charge in [0, 0.05) is 29.1 Å². The summed E-state index contributed by atoms with van der Waals surface area (Å²) in [5.74, 6) is -1.57. The number of aromatic carboxylic acids is 1. The van der Waals surface area contributed by atoms with Gasteiger partial charge in [-0.1, -0.05) is 26.0 Å². The number of aryl methyl sites for hydroxylation is 1. The highest BCUT2D eigenvalue weighted by Crippen LogP contribution is 2.28. The Hall–Kier alpha value is -3.28. The number of hydrogen-bond donors (Lipinski definition) is 2. The van der Waals surface area contributed by atoms with Gasteiger partial charge in [0.25, 0.3) is 0 Å². The molecule has 0 unspecified atom stereocenters. The zero-order valence-corrected chi connectivity index (χ0v) is 17.0. The summed E-state index contributed by atoms with van der Waals surface area (Å²) in [6.07, 6.45) is -0.906. The first-order valence-electron chi connectivity index (χ1n) is 9.50. The van der Waals surface area contributed by atoms with Crippen LogP contribution in [0.5, 0.6) is 5.75 Å². The maximum Gasteiger partial charge on any atom is 0.345 e. The fraction of sp³-hybridized carbons (Fsp3) is 0.304. The minimum atomic E-state index is -0.984. The molecule has 6 heteroatoms. The average molecular weight is 395 g/mol. The Labute approximate surface area is 169 Å². The molecule has 6 nitrogen and oxygen atoms in total. The highest BCUT2D eigenvalue weighted by atomic mass is 16.5. The molecule has 0 aliphatic carbocycles. The molecule has 2 N–H and O–H groups in total. The van der Waals surface area contributed by atoms with Crippen molar-refractivity contribution in [3.05, 3.63) is 64.8 Å². The van der Waals surface area contributed by atoms with Crippen LogP contribution < -0.4 is 4.74 Å². The number of aliphatic carboxylic acids is 1. The SMILES string of the molecule is Cc1c(C)n(Cc2cccc(O[C@H](C(=O)O)C(C)C)c2)c2ccc(C(=O)O)cc12. The van der Waals surface area contributed by atoms with E-state index in [2.05, 4.69) is 4.57 Å². The number of carboxylic acid groups (broad SMARTS) is 2. The minimum Gasteiger partial charge on any atom is -0.478 e. The van der Waals surface area contributed by atoms with Crippen molar-refractivity contribution in [3.63, 3.8) is 0 Å². The zero-order valence-electron chi connectivity index (χ0n) is 17.0. The van der Waals surface area contributed by atoms with Crippen LogP contribution in [0.2, 0.25) is 0 Å². The van der Waals surface area contributed by atoms with Crippen molar-refractivity contribution >= 4 is 22.8 Å². The van der Waals surface area contributed by atoms with E-state index >= 15 is 0 Å². The van der Waals surface area contributed by atoms with Gasteiger partial charge in [-0.25, -0.2) is 9.59 Å². The van der Waals surface area contributed by atoms with E-state index in [4.69, 9.17) is 4.74 Å². The first-order valence-corrected chi connectivity index (χ1v) is 9.50. The van der Waals surface area contributed by atoms with Gasteiger partial charge >= 0.3 is 11.9 Å². The maximum atomic E-state index is 11.4. The number of nitrogens with zero attached hydrogens (tertiary/aromatic N) is 1. The quantitative estimate of drug-likeness (QED) is 0.615. The third-order valence-corrected chi connectivity index (χ3v) is 5.24. The molecule has 0 bridgehead atoms. The Balaban J connectivity index is 1.94. The standard InChI is InChI=1S/C23H25NO5/c1-13(2)21(23(27)28)29-18-7-5-6-16(10-18)12-24-15(4)14(3)19-11-17(22(25)26)8-9-20(19)24/h5-11,13,21H,12H2,1-4H3,(H,25,26)(H,27,28)/t21-/m0/s1. The third kappa shape index (κ3) is 4.11. The lowest BCUT2D eigenvalue weighted by Crippen LogP contribution is -2.32. The first-order chi connectivity index (χ1) is 13.7. The molecule has 0 saturated heterocycles. The Kier molecular flexibility index (Phi) is 5.64. The number of fused-ring (bicyclic) bond motifs is 1. The van der Waals surface area contributed by atoms with Crippen LogP contribution in [-0.4, -0.2) is 32.8 Å². The van der Waals surface area contributed by atoms with Crippen LogP contribution in [0.1, 0.15) is 41.0 Å². The van der Waals surface area contributed by atoms with Crippen molar-refractivity contribution in [1.29, 1.82) is 0 Å². The van der Waals surface area contributed by atoms with E-state index in [1.807, 2.05) is 52.0 Å². The second-order valence-corrected chi connectivity index (χ2v) is 7.60. The fourth-order valence-electron chi connectivity index (χ4n) is 3.50. The monoisotopic (exact) mass is 395 g/mol. The van der Waals surface area contributed by atoms with Gasteiger partial charge in [-0.2, -0.15) is 0 Å².